The van der Waals surface area contributed by atoms with E-state index in [0.29, 0.717) is 24.7 Å². The standard InChI is InChI=1S/C25H27N7/c1-4-5-10-24-26-23(16-11-18(2)3)29-32(24)17-19-12-14-20(15-13-19)21-8-6-7-9-22(21)25-27-30-31-28-25/h1,6-9,12-15,18H,5,10-11,16-17H2,2-3H3,(H,27,28,30,31). The molecule has 2 aromatic heterocycles. The molecule has 0 saturated carbocycles. The Morgan fingerprint density at radius 3 is 2.50 bits per heavy atom. The third-order valence-corrected chi connectivity index (χ3v) is 5.36. The van der Waals surface area contributed by atoms with Gasteiger partial charge in [0.2, 0.25) is 0 Å². The normalized spacial score (nSPS) is 11.1. The Labute approximate surface area is 188 Å². The molecule has 0 aliphatic carbocycles. The van der Waals surface area contributed by atoms with Crippen molar-refractivity contribution in [1.82, 2.24) is 35.4 Å². The molecule has 0 saturated heterocycles. The highest BCUT2D eigenvalue weighted by atomic mass is 15.5. The first kappa shape index (κ1) is 21.4. The zero-order valence-electron chi connectivity index (χ0n) is 18.5. The zero-order valence-corrected chi connectivity index (χ0v) is 18.5. The molecule has 0 aliphatic rings. The molecule has 2 heterocycles. The van der Waals surface area contributed by atoms with E-state index >= 15 is 0 Å². The highest BCUT2D eigenvalue weighted by molar-refractivity contribution is 5.80. The van der Waals surface area contributed by atoms with Crippen molar-refractivity contribution in [3.8, 4) is 34.9 Å². The number of benzene rings is 2. The summed E-state index contributed by atoms with van der Waals surface area (Å²) in [5.41, 5.74) is 4.30. The third-order valence-electron chi connectivity index (χ3n) is 5.36. The molecule has 2 aromatic carbocycles. The van der Waals surface area contributed by atoms with E-state index in [9.17, 15) is 0 Å². The summed E-state index contributed by atoms with van der Waals surface area (Å²) in [5.74, 6) is 5.84. The van der Waals surface area contributed by atoms with Gasteiger partial charge in [-0.15, -0.1) is 17.4 Å². The van der Waals surface area contributed by atoms with Gasteiger partial charge in [-0.3, -0.25) is 0 Å². The molecule has 0 aliphatic heterocycles. The average molecular weight is 426 g/mol. The highest BCUT2D eigenvalue weighted by Gasteiger charge is 2.12. The number of aromatic amines is 1. The zero-order chi connectivity index (χ0) is 22.3. The number of H-pyrrole nitrogens is 1. The number of hydrogen-bond acceptors (Lipinski definition) is 5. The lowest BCUT2D eigenvalue weighted by Crippen LogP contribution is -2.07. The van der Waals surface area contributed by atoms with Gasteiger partial charge in [0.1, 0.15) is 5.82 Å². The molecular weight excluding hydrogens is 398 g/mol. The van der Waals surface area contributed by atoms with E-state index in [1.165, 1.54) is 0 Å². The van der Waals surface area contributed by atoms with Crippen molar-refractivity contribution in [2.45, 2.75) is 46.1 Å². The number of aryl methyl sites for hydroxylation is 2. The minimum absolute atomic E-state index is 0.624. The van der Waals surface area contributed by atoms with Gasteiger partial charge in [-0.05, 0) is 39.5 Å². The Hall–Kier alpha value is -3.79. The first-order chi connectivity index (χ1) is 15.6. The first-order valence-electron chi connectivity index (χ1n) is 10.9. The van der Waals surface area contributed by atoms with Crippen molar-refractivity contribution < 1.29 is 0 Å². The Bertz CT molecular complexity index is 1180. The lowest BCUT2D eigenvalue weighted by molar-refractivity contribution is 0.568. The van der Waals surface area contributed by atoms with Crippen LogP contribution in [0.3, 0.4) is 0 Å². The molecule has 0 fully saturated rings. The van der Waals surface area contributed by atoms with Gasteiger partial charge < -0.3 is 0 Å². The van der Waals surface area contributed by atoms with Crippen LogP contribution in [0.25, 0.3) is 22.5 Å². The molecule has 0 atom stereocenters. The van der Waals surface area contributed by atoms with Gasteiger partial charge in [-0.25, -0.2) is 14.8 Å². The Morgan fingerprint density at radius 1 is 1.03 bits per heavy atom. The quantitative estimate of drug-likeness (QED) is 0.404. The highest BCUT2D eigenvalue weighted by Crippen LogP contribution is 2.29. The summed E-state index contributed by atoms with van der Waals surface area (Å²) < 4.78 is 2.00. The lowest BCUT2D eigenvalue weighted by Gasteiger charge is -2.09. The van der Waals surface area contributed by atoms with Crippen LogP contribution in [-0.4, -0.2) is 35.4 Å². The number of rotatable bonds is 9. The van der Waals surface area contributed by atoms with Crippen molar-refractivity contribution in [2.24, 2.45) is 5.92 Å². The van der Waals surface area contributed by atoms with E-state index in [2.05, 4.69) is 70.7 Å². The van der Waals surface area contributed by atoms with E-state index < -0.39 is 0 Å². The van der Waals surface area contributed by atoms with Crippen molar-refractivity contribution in [2.75, 3.05) is 0 Å². The summed E-state index contributed by atoms with van der Waals surface area (Å²) in [7, 11) is 0. The minimum Gasteiger partial charge on any atom is -0.245 e. The topological polar surface area (TPSA) is 85.2 Å². The summed E-state index contributed by atoms with van der Waals surface area (Å²) in [6.07, 6.45) is 8.85. The molecule has 4 rings (SSSR count). The predicted molar refractivity (Wildman–Crippen MR) is 124 cm³/mol. The minimum atomic E-state index is 0.624. The molecule has 0 amide bonds. The van der Waals surface area contributed by atoms with Crippen LogP contribution < -0.4 is 0 Å². The van der Waals surface area contributed by atoms with Gasteiger partial charge in [0.05, 0.1) is 6.54 Å². The maximum Gasteiger partial charge on any atom is 0.180 e. The number of terminal acetylenes is 1. The second-order valence-corrected chi connectivity index (χ2v) is 8.23. The van der Waals surface area contributed by atoms with Crippen molar-refractivity contribution in [3.05, 3.63) is 65.7 Å². The monoisotopic (exact) mass is 425 g/mol. The van der Waals surface area contributed by atoms with E-state index in [-0.39, 0.29) is 0 Å². The molecule has 1 N–H and O–H groups in total. The van der Waals surface area contributed by atoms with Gasteiger partial charge >= 0.3 is 0 Å². The molecule has 32 heavy (non-hydrogen) atoms. The van der Waals surface area contributed by atoms with Crippen molar-refractivity contribution >= 4 is 0 Å². The second-order valence-electron chi connectivity index (χ2n) is 8.23. The van der Waals surface area contributed by atoms with Crippen LogP contribution in [0.5, 0.6) is 0 Å². The SMILES string of the molecule is C#CCCc1nc(CCC(C)C)nn1Cc1ccc(-c2ccccc2-c2nnn[nH]2)cc1. The maximum absolute atomic E-state index is 5.48. The Kier molecular flexibility index (Phi) is 6.71. The Balaban J connectivity index is 1.55. The average Bonchev–Trinajstić information content (AvgIpc) is 3.47. The van der Waals surface area contributed by atoms with E-state index in [1.54, 1.807) is 0 Å². The van der Waals surface area contributed by atoms with Crippen LogP contribution in [0, 0.1) is 18.3 Å². The fourth-order valence-corrected chi connectivity index (χ4v) is 3.62. The fourth-order valence-electron chi connectivity index (χ4n) is 3.62. The fraction of sp³-hybridized carbons (Fsp3) is 0.320. The van der Waals surface area contributed by atoms with Gasteiger partial charge in [0.25, 0.3) is 0 Å². The van der Waals surface area contributed by atoms with Gasteiger partial charge in [0, 0.05) is 24.8 Å². The van der Waals surface area contributed by atoms with E-state index in [4.69, 9.17) is 16.5 Å². The van der Waals surface area contributed by atoms with Crippen LogP contribution in [0.15, 0.2) is 48.5 Å². The molecule has 0 spiro atoms. The summed E-state index contributed by atoms with van der Waals surface area (Å²) in [5, 5.41) is 19.1. The Morgan fingerprint density at radius 2 is 1.81 bits per heavy atom. The smallest absolute Gasteiger partial charge is 0.180 e. The summed E-state index contributed by atoms with van der Waals surface area (Å²) in [6.45, 7) is 5.10. The molecule has 7 nitrogen and oxygen atoms in total. The number of aromatic nitrogens is 7. The van der Waals surface area contributed by atoms with Crippen LogP contribution in [-0.2, 0) is 19.4 Å². The number of tetrazole rings is 1. The lowest BCUT2D eigenvalue weighted by atomic mass is 9.98. The van der Waals surface area contributed by atoms with Crippen LogP contribution in [0.4, 0.5) is 0 Å². The third kappa shape index (κ3) is 5.09. The maximum atomic E-state index is 5.48. The molecule has 0 radical (unpaired) electrons. The summed E-state index contributed by atoms with van der Waals surface area (Å²) >= 11 is 0. The predicted octanol–water partition coefficient (Wildman–Crippen LogP) is 4.33. The van der Waals surface area contributed by atoms with E-state index in [1.807, 2.05) is 22.9 Å². The molecule has 162 valence electrons. The first-order valence-corrected chi connectivity index (χ1v) is 10.9. The second kappa shape index (κ2) is 10.0. The summed E-state index contributed by atoms with van der Waals surface area (Å²) in [4.78, 5) is 4.76. The molecular formula is C25H27N7. The van der Waals surface area contributed by atoms with Gasteiger partial charge in [-0.1, -0.05) is 62.4 Å². The number of nitrogens with one attached hydrogen (secondary N) is 1. The molecule has 0 unspecified atom stereocenters. The van der Waals surface area contributed by atoms with Gasteiger partial charge in [0.15, 0.2) is 11.6 Å². The summed E-state index contributed by atoms with van der Waals surface area (Å²) in [6, 6.07) is 16.6. The van der Waals surface area contributed by atoms with E-state index in [0.717, 1.165) is 53.2 Å². The largest absolute Gasteiger partial charge is 0.245 e. The molecule has 4 aromatic rings. The van der Waals surface area contributed by atoms with Crippen LogP contribution >= 0.6 is 0 Å². The number of nitrogens with zero attached hydrogens (tertiary/aromatic N) is 6. The van der Waals surface area contributed by atoms with Crippen LogP contribution in [0.2, 0.25) is 0 Å². The van der Waals surface area contributed by atoms with Crippen molar-refractivity contribution in [3.63, 3.8) is 0 Å². The van der Waals surface area contributed by atoms with Crippen LogP contribution in [0.1, 0.15) is 43.9 Å². The number of hydrogen-bond donors (Lipinski definition) is 1. The molecule has 7 heteroatoms. The van der Waals surface area contributed by atoms with Crippen molar-refractivity contribution in [1.29, 1.82) is 0 Å². The van der Waals surface area contributed by atoms with Gasteiger partial charge in [-0.2, -0.15) is 5.10 Å². The molecule has 0 bridgehead atoms.